The average Bonchev–Trinajstić information content (AvgIpc) is 3.09. The van der Waals surface area contributed by atoms with Crippen LogP contribution >= 0.6 is 23.0 Å². The van der Waals surface area contributed by atoms with Crippen LogP contribution in [0.2, 0.25) is 0 Å². The van der Waals surface area contributed by atoms with Gasteiger partial charge in [-0.15, -0.1) is 0 Å². The molecular formula is C20H21IN2O2. The fourth-order valence-electron chi connectivity index (χ4n) is 2.65. The molecule has 0 aliphatic rings. The van der Waals surface area contributed by atoms with Crippen molar-refractivity contribution in [1.82, 2.24) is 10.1 Å². The van der Waals surface area contributed by atoms with E-state index in [0.717, 1.165) is 22.4 Å². The molecule has 0 saturated carbocycles. The fraction of sp³-hybridized carbons (Fsp3) is 0.300. The summed E-state index contributed by atoms with van der Waals surface area (Å²) in [7, 11) is 0. The minimum atomic E-state index is -0.0145. The SMILES string of the molecule is CCc1nc(-c2cc(C(C)(C)C)cc(-c3ccccc3)c2OI)no1. The Labute approximate surface area is 162 Å². The molecule has 130 valence electrons. The molecule has 0 fully saturated rings. The molecule has 3 aromatic rings. The van der Waals surface area contributed by atoms with Crippen molar-refractivity contribution in [2.45, 2.75) is 39.5 Å². The normalized spacial score (nSPS) is 11.6. The minimum absolute atomic E-state index is 0.0145. The number of halogens is 1. The molecule has 2 aromatic carbocycles. The zero-order valence-electron chi connectivity index (χ0n) is 14.8. The van der Waals surface area contributed by atoms with E-state index in [4.69, 9.17) is 7.59 Å². The first-order chi connectivity index (χ1) is 11.9. The van der Waals surface area contributed by atoms with Crippen LogP contribution in [0.15, 0.2) is 47.0 Å². The molecule has 3 rings (SSSR count). The van der Waals surface area contributed by atoms with E-state index >= 15 is 0 Å². The summed E-state index contributed by atoms with van der Waals surface area (Å²) in [4.78, 5) is 4.50. The molecular weight excluding hydrogens is 427 g/mol. The highest BCUT2D eigenvalue weighted by molar-refractivity contribution is 14.1. The molecule has 25 heavy (non-hydrogen) atoms. The maximum Gasteiger partial charge on any atom is 0.226 e. The van der Waals surface area contributed by atoms with E-state index in [0.29, 0.717) is 18.1 Å². The molecule has 0 bridgehead atoms. The van der Waals surface area contributed by atoms with Crippen LogP contribution in [-0.2, 0) is 11.8 Å². The Hall–Kier alpha value is -1.89. The van der Waals surface area contributed by atoms with Gasteiger partial charge >= 0.3 is 0 Å². The molecule has 4 nitrogen and oxygen atoms in total. The summed E-state index contributed by atoms with van der Waals surface area (Å²) in [6.07, 6.45) is 0.706. The predicted molar refractivity (Wildman–Crippen MR) is 108 cm³/mol. The summed E-state index contributed by atoms with van der Waals surface area (Å²) in [5.74, 6) is 1.94. The molecule has 0 saturated heterocycles. The predicted octanol–water partition coefficient (Wildman–Crippen LogP) is 5.99. The van der Waals surface area contributed by atoms with Crippen molar-refractivity contribution in [2.75, 3.05) is 0 Å². The van der Waals surface area contributed by atoms with Crippen molar-refractivity contribution in [3.05, 3.63) is 53.9 Å². The standard InChI is InChI=1S/C20H21IN2O2/c1-5-17-22-19(23-25-17)16-12-14(20(2,3)4)11-15(18(16)24-21)13-9-7-6-8-10-13/h6-12H,5H2,1-4H3. The van der Waals surface area contributed by atoms with Crippen molar-refractivity contribution >= 4 is 23.0 Å². The van der Waals surface area contributed by atoms with Gasteiger partial charge in [0.15, 0.2) is 28.8 Å². The Bertz CT molecular complexity index is 867. The van der Waals surface area contributed by atoms with E-state index < -0.39 is 0 Å². The summed E-state index contributed by atoms with van der Waals surface area (Å²) >= 11 is 1.92. The van der Waals surface area contributed by atoms with Crippen molar-refractivity contribution in [3.8, 4) is 28.3 Å². The van der Waals surface area contributed by atoms with Crippen LogP contribution in [0.5, 0.6) is 5.75 Å². The summed E-state index contributed by atoms with van der Waals surface area (Å²) in [6, 6.07) is 14.5. The van der Waals surface area contributed by atoms with Crippen LogP contribution in [-0.4, -0.2) is 10.1 Å². The molecule has 0 radical (unpaired) electrons. The van der Waals surface area contributed by atoms with E-state index in [2.05, 4.69) is 55.2 Å². The molecule has 0 atom stereocenters. The molecule has 0 spiro atoms. The monoisotopic (exact) mass is 448 g/mol. The topological polar surface area (TPSA) is 48.2 Å². The Morgan fingerprint density at radius 2 is 1.76 bits per heavy atom. The van der Waals surface area contributed by atoms with Gasteiger partial charge in [0.25, 0.3) is 0 Å². The third-order valence-electron chi connectivity index (χ3n) is 4.13. The first-order valence-corrected chi connectivity index (χ1v) is 9.17. The quantitative estimate of drug-likeness (QED) is 0.460. The first-order valence-electron chi connectivity index (χ1n) is 8.29. The van der Waals surface area contributed by atoms with Crippen molar-refractivity contribution in [1.29, 1.82) is 0 Å². The highest BCUT2D eigenvalue weighted by Crippen LogP contribution is 2.42. The Morgan fingerprint density at radius 1 is 1.08 bits per heavy atom. The van der Waals surface area contributed by atoms with Gasteiger partial charge in [-0.2, -0.15) is 4.98 Å². The number of hydrogen-bond acceptors (Lipinski definition) is 4. The third-order valence-corrected chi connectivity index (χ3v) is 4.57. The van der Waals surface area contributed by atoms with E-state index in [-0.39, 0.29) is 5.41 Å². The zero-order chi connectivity index (χ0) is 18.0. The van der Waals surface area contributed by atoms with E-state index in [9.17, 15) is 0 Å². The van der Waals surface area contributed by atoms with Gasteiger partial charge in [0.05, 0.1) is 5.56 Å². The summed E-state index contributed by atoms with van der Waals surface area (Å²) in [6.45, 7) is 8.57. The second-order valence-electron chi connectivity index (χ2n) is 6.96. The van der Waals surface area contributed by atoms with Gasteiger partial charge in [-0.1, -0.05) is 63.2 Å². The summed E-state index contributed by atoms with van der Waals surface area (Å²) in [5.41, 5.74) is 4.16. The molecule has 5 heteroatoms. The molecule has 0 aliphatic heterocycles. The Kier molecular flexibility index (Phi) is 5.13. The van der Waals surface area contributed by atoms with Gasteiger partial charge in [-0.3, -0.25) is 0 Å². The second kappa shape index (κ2) is 7.15. The maximum atomic E-state index is 5.74. The lowest BCUT2D eigenvalue weighted by Gasteiger charge is -2.22. The highest BCUT2D eigenvalue weighted by atomic mass is 127. The van der Waals surface area contributed by atoms with Crippen LogP contribution in [0, 0.1) is 0 Å². The van der Waals surface area contributed by atoms with Gasteiger partial charge in [-0.05, 0) is 28.7 Å². The van der Waals surface area contributed by atoms with Crippen LogP contribution in [0.3, 0.4) is 0 Å². The molecule has 1 heterocycles. The molecule has 1 aromatic heterocycles. The van der Waals surface area contributed by atoms with Gasteiger partial charge in [0, 0.05) is 12.0 Å². The van der Waals surface area contributed by atoms with E-state index in [1.54, 1.807) is 0 Å². The average molecular weight is 448 g/mol. The van der Waals surface area contributed by atoms with Crippen LogP contribution in [0.1, 0.15) is 39.1 Å². The maximum absolute atomic E-state index is 5.74. The zero-order valence-corrected chi connectivity index (χ0v) is 17.0. The minimum Gasteiger partial charge on any atom is -0.426 e. The molecule has 0 aliphatic carbocycles. The lowest BCUT2D eigenvalue weighted by Crippen LogP contribution is -2.11. The van der Waals surface area contributed by atoms with Crippen molar-refractivity contribution in [3.63, 3.8) is 0 Å². The van der Waals surface area contributed by atoms with Gasteiger partial charge < -0.3 is 7.59 Å². The van der Waals surface area contributed by atoms with Crippen molar-refractivity contribution < 1.29 is 7.59 Å². The van der Waals surface area contributed by atoms with Gasteiger partial charge in [-0.25, -0.2) is 0 Å². The molecule has 0 N–H and O–H groups in total. The summed E-state index contributed by atoms with van der Waals surface area (Å²) < 4.78 is 11.1. The first kappa shape index (κ1) is 17.9. The largest absolute Gasteiger partial charge is 0.426 e. The molecule has 0 unspecified atom stereocenters. The lowest BCUT2D eigenvalue weighted by atomic mass is 9.83. The Morgan fingerprint density at radius 3 is 2.32 bits per heavy atom. The second-order valence-corrected chi connectivity index (χ2v) is 7.40. The number of aromatic nitrogens is 2. The molecule has 0 amide bonds. The van der Waals surface area contributed by atoms with Crippen LogP contribution in [0.4, 0.5) is 0 Å². The number of hydrogen-bond donors (Lipinski definition) is 0. The van der Waals surface area contributed by atoms with Crippen LogP contribution < -0.4 is 3.07 Å². The smallest absolute Gasteiger partial charge is 0.226 e. The van der Waals surface area contributed by atoms with E-state index in [1.807, 2.05) is 48.1 Å². The summed E-state index contributed by atoms with van der Waals surface area (Å²) in [5, 5.41) is 4.15. The number of rotatable bonds is 4. The van der Waals surface area contributed by atoms with Gasteiger partial charge in [0.2, 0.25) is 11.7 Å². The third kappa shape index (κ3) is 3.71. The van der Waals surface area contributed by atoms with Crippen LogP contribution in [0.25, 0.3) is 22.5 Å². The fourth-order valence-corrected chi connectivity index (χ4v) is 3.13. The van der Waals surface area contributed by atoms with E-state index in [1.165, 1.54) is 5.56 Å². The number of aryl methyl sites for hydroxylation is 1. The number of benzene rings is 2. The lowest BCUT2D eigenvalue weighted by molar-refractivity contribution is 0.382. The Balaban J connectivity index is 2.29. The van der Waals surface area contributed by atoms with Gasteiger partial charge in [0.1, 0.15) is 0 Å². The highest BCUT2D eigenvalue weighted by Gasteiger charge is 2.23. The van der Waals surface area contributed by atoms with Crippen molar-refractivity contribution in [2.24, 2.45) is 0 Å². The number of nitrogens with zero attached hydrogens (tertiary/aromatic N) is 2.